The van der Waals surface area contributed by atoms with E-state index in [1.807, 2.05) is 6.92 Å². The molecule has 1 aliphatic heterocycles. The number of hydrogen-bond acceptors (Lipinski definition) is 2. The summed E-state index contributed by atoms with van der Waals surface area (Å²) < 4.78 is 0. The summed E-state index contributed by atoms with van der Waals surface area (Å²) in [4.78, 5) is 2.31. The number of aliphatic hydroxyl groups is 1. The van der Waals surface area contributed by atoms with Gasteiger partial charge in [-0.05, 0) is 30.9 Å². The van der Waals surface area contributed by atoms with Crippen molar-refractivity contribution in [3.05, 3.63) is 29.8 Å². The predicted octanol–water partition coefficient (Wildman–Crippen LogP) is 2.21. The maximum Gasteiger partial charge on any atom is 0.0712 e. The Bertz CT molecular complexity index is 324. The van der Waals surface area contributed by atoms with Crippen molar-refractivity contribution in [1.82, 2.24) is 0 Å². The maximum absolute atomic E-state index is 9.69. The summed E-state index contributed by atoms with van der Waals surface area (Å²) in [6, 6.07) is 8.53. The molecule has 1 aromatic rings. The number of nitrogens with zero attached hydrogens (tertiary/aromatic N) is 1. The highest BCUT2D eigenvalue weighted by molar-refractivity contribution is 5.55. The van der Waals surface area contributed by atoms with Gasteiger partial charge in [-0.25, -0.2) is 0 Å². The van der Waals surface area contributed by atoms with Crippen LogP contribution in [0.25, 0.3) is 0 Å². The molecule has 2 rings (SSSR count). The Labute approximate surface area is 91.5 Å². The molecule has 82 valence electrons. The number of benzene rings is 1. The monoisotopic (exact) mass is 205 g/mol. The molecule has 1 aromatic carbocycles. The smallest absolute Gasteiger partial charge is 0.0712 e. The number of aliphatic hydroxyl groups excluding tert-OH is 1. The standard InChI is InChI=1S/C13H19NO/c1-2-12(15)10-14-9-5-7-11-6-3-4-8-13(11)14/h3-4,6,8,12,15H,2,5,7,9-10H2,1H3. The van der Waals surface area contributed by atoms with Crippen LogP contribution in [0, 0.1) is 0 Å². The van der Waals surface area contributed by atoms with Crippen molar-refractivity contribution in [3.8, 4) is 0 Å². The fourth-order valence-corrected chi connectivity index (χ4v) is 2.18. The van der Waals surface area contributed by atoms with E-state index in [-0.39, 0.29) is 6.10 Å². The molecule has 1 N–H and O–H groups in total. The Morgan fingerprint density at radius 2 is 2.20 bits per heavy atom. The summed E-state index contributed by atoms with van der Waals surface area (Å²) in [7, 11) is 0. The normalized spacial score (nSPS) is 17.3. The van der Waals surface area contributed by atoms with Crippen LogP contribution in [0.5, 0.6) is 0 Å². The third kappa shape index (κ3) is 2.32. The molecule has 15 heavy (non-hydrogen) atoms. The molecule has 0 fully saturated rings. The highest BCUT2D eigenvalue weighted by Crippen LogP contribution is 2.26. The molecular formula is C13H19NO. The second kappa shape index (κ2) is 4.67. The first-order valence-corrected chi connectivity index (χ1v) is 5.82. The van der Waals surface area contributed by atoms with E-state index in [9.17, 15) is 5.11 Å². The van der Waals surface area contributed by atoms with E-state index in [0.717, 1.165) is 19.5 Å². The number of fused-ring (bicyclic) bond motifs is 1. The van der Waals surface area contributed by atoms with Gasteiger partial charge in [0.2, 0.25) is 0 Å². The molecule has 1 aliphatic rings. The quantitative estimate of drug-likeness (QED) is 0.817. The van der Waals surface area contributed by atoms with E-state index in [4.69, 9.17) is 0 Å². The molecule has 1 heterocycles. The van der Waals surface area contributed by atoms with Crippen LogP contribution in [0.3, 0.4) is 0 Å². The van der Waals surface area contributed by atoms with Gasteiger partial charge in [-0.3, -0.25) is 0 Å². The lowest BCUT2D eigenvalue weighted by Crippen LogP contribution is -2.35. The van der Waals surface area contributed by atoms with Crippen LogP contribution in [0.1, 0.15) is 25.3 Å². The maximum atomic E-state index is 9.69. The predicted molar refractivity (Wildman–Crippen MR) is 63.3 cm³/mol. The fraction of sp³-hybridized carbons (Fsp3) is 0.538. The first-order chi connectivity index (χ1) is 7.31. The molecule has 0 bridgehead atoms. The number of hydrogen-bond donors (Lipinski definition) is 1. The molecule has 0 aromatic heterocycles. The average molecular weight is 205 g/mol. The highest BCUT2D eigenvalue weighted by Gasteiger charge is 2.17. The lowest BCUT2D eigenvalue weighted by atomic mass is 10.0. The van der Waals surface area contributed by atoms with E-state index < -0.39 is 0 Å². The van der Waals surface area contributed by atoms with Crippen LogP contribution in [0.2, 0.25) is 0 Å². The summed E-state index contributed by atoms with van der Waals surface area (Å²) in [5, 5.41) is 9.69. The summed E-state index contributed by atoms with van der Waals surface area (Å²) in [5.74, 6) is 0. The largest absolute Gasteiger partial charge is 0.391 e. The molecule has 0 aliphatic carbocycles. The summed E-state index contributed by atoms with van der Waals surface area (Å²) >= 11 is 0. The van der Waals surface area contributed by atoms with E-state index in [1.165, 1.54) is 24.1 Å². The van der Waals surface area contributed by atoms with Gasteiger partial charge >= 0.3 is 0 Å². The summed E-state index contributed by atoms with van der Waals surface area (Å²) in [6.07, 6.45) is 3.01. The Hall–Kier alpha value is -1.02. The van der Waals surface area contributed by atoms with E-state index in [1.54, 1.807) is 0 Å². The topological polar surface area (TPSA) is 23.5 Å². The number of β-amino-alcohol motifs (C(OH)–C–C–N with tert-alkyl or cyclic N) is 1. The minimum Gasteiger partial charge on any atom is -0.391 e. The third-order valence-electron chi connectivity index (χ3n) is 3.11. The molecule has 0 saturated carbocycles. The van der Waals surface area contributed by atoms with Crippen LogP contribution in [0.4, 0.5) is 5.69 Å². The second-order valence-electron chi connectivity index (χ2n) is 4.24. The Kier molecular flexibility index (Phi) is 3.27. The Balaban J connectivity index is 2.15. The van der Waals surface area contributed by atoms with Crippen molar-refractivity contribution in [3.63, 3.8) is 0 Å². The van der Waals surface area contributed by atoms with Crippen molar-refractivity contribution in [1.29, 1.82) is 0 Å². The minimum absolute atomic E-state index is 0.198. The van der Waals surface area contributed by atoms with Crippen LogP contribution in [0.15, 0.2) is 24.3 Å². The number of anilines is 1. The van der Waals surface area contributed by atoms with Crippen LogP contribution in [-0.2, 0) is 6.42 Å². The molecule has 1 atom stereocenters. The number of rotatable bonds is 3. The van der Waals surface area contributed by atoms with Gasteiger partial charge in [-0.1, -0.05) is 25.1 Å². The van der Waals surface area contributed by atoms with Gasteiger partial charge in [0.15, 0.2) is 0 Å². The zero-order valence-corrected chi connectivity index (χ0v) is 9.32. The fourth-order valence-electron chi connectivity index (χ4n) is 2.18. The van der Waals surface area contributed by atoms with Gasteiger partial charge in [-0.15, -0.1) is 0 Å². The molecule has 0 saturated heterocycles. The molecular weight excluding hydrogens is 186 g/mol. The SMILES string of the molecule is CCC(O)CN1CCCc2ccccc21. The van der Waals surface area contributed by atoms with Gasteiger partial charge < -0.3 is 10.0 Å². The van der Waals surface area contributed by atoms with Crippen LogP contribution >= 0.6 is 0 Å². The van der Waals surface area contributed by atoms with Gasteiger partial charge in [-0.2, -0.15) is 0 Å². The molecule has 1 unspecified atom stereocenters. The van der Waals surface area contributed by atoms with Crippen molar-refractivity contribution in [2.24, 2.45) is 0 Å². The van der Waals surface area contributed by atoms with Crippen LogP contribution in [-0.4, -0.2) is 24.3 Å². The van der Waals surface area contributed by atoms with Crippen molar-refractivity contribution >= 4 is 5.69 Å². The van der Waals surface area contributed by atoms with E-state index in [2.05, 4.69) is 29.2 Å². The van der Waals surface area contributed by atoms with E-state index >= 15 is 0 Å². The van der Waals surface area contributed by atoms with Crippen molar-refractivity contribution in [2.75, 3.05) is 18.0 Å². The van der Waals surface area contributed by atoms with Gasteiger partial charge in [0.1, 0.15) is 0 Å². The molecule has 0 radical (unpaired) electrons. The summed E-state index contributed by atoms with van der Waals surface area (Å²) in [6.45, 7) is 3.88. The lowest BCUT2D eigenvalue weighted by Gasteiger charge is -2.32. The Morgan fingerprint density at radius 1 is 1.40 bits per heavy atom. The first kappa shape index (κ1) is 10.5. The molecule has 0 amide bonds. The van der Waals surface area contributed by atoms with Gasteiger partial charge in [0.05, 0.1) is 6.10 Å². The third-order valence-corrected chi connectivity index (χ3v) is 3.11. The van der Waals surface area contributed by atoms with Crippen molar-refractivity contribution < 1.29 is 5.11 Å². The van der Waals surface area contributed by atoms with Gasteiger partial charge in [0.25, 0.3) is 0 Å². The number of aryl methyl sites for hydroxylation is 1. The summed E-state index contributed by atoms with van der Waals surface area (Å²) in [5.41, 5.74) is 2.74. The first-order valence-electron chi connectivity index (χ1n) is 5.82. The van der Waals surface area contributed by atoms with Crippen LogP contribution < -0.4 is 4.90 Å². The van der Waals surface area contributed by atoms with Gasteiger partial charge in [0, 0.05) is 18.8 Å². The zero-order valence-electron chi connectivity index (χ0n) is 9.32. The number of para-hydroxylation sites is 1. The molecule has 2 heteroatoms. The minimum atomic E-state index is -0.198. The lowest BCUT2D eigenvalue weighted by molar-refractivity contribution is 0.175. The second-order valence-corrected chi connectivity index (χ2v) is 4.24. The molecule has 2 nitrogen and oxygen atoms in total. The Morgan fingerprint density at radius 3 is 3.00 bits per heavy atom. The van der Waals surface area contributed by atoms with Crippen molar-refractivity contribution in [2.45, 2.75) is 32.3 Å². The molecule has 0 spiro atoms. The average Bonchev–Trinajstić information content (AvgIpc) is 2.29. The van der Waals surface area contributed by atoms with E-state index in [0.29, 0.717) is 0 Å². The highest BCUT2D eigenvalue weighted by atomic mass is 16.3. The zero-order chi connectivity index (χ0) is 10.7.